The van der Waals surface area contributed by atoms with Gasteiger partial charge in [-0.05, 0) is 61.1 Å². The van der Waals surface area contributed by atoms with Gasteiger partial charge >= 0.3 is 0 Å². The third-order valence-corrected chi connectivity index (χ3v) is 6.83. The van der Waals surface area contributed by atoms with Crippen LogP contribution < -0.4 is 5.32 Å². The van der Waals surface area contributed by atoms with Crippen molar-refractivity contribution >= 4 is 11.8 Å². The van der Waals surface area contributed by atoms with Gasteiger partial charge in [0.15, 0.2) is 11.6 Å². The lowest BCUT2D eigenvalue weighted by Gasteiger charge is -2.42. The van der Waals surface area contributed by atoms with Gasteiger partial charge in [0.1, 0.15) is 6.04 Å². The first kappa shape index (κ1) is 20.3. The average molecular weight is 405 g/mol. The SMILES string of the molecule is CC(C)C[C@H]1C(=O)NC(C2CCCC2)CN1C(=O)[C@@H]1C[C@H]1c1ccc(F)c(F)c1. The van der Waals surface area contributed by atoms with Crippen molar-refractivity contribution in [1.29, 1.82) is 0 Å². The maximum absolute atomic E-state index is 13.6. The minimum Gasteiger partial charge on any atom is -0.350 e. The summed E-state index contributed by atoms with van der Waals surface area (Å²) >= 11 is 0. The van der Waals surface area contributed by atoms with Crippen LogP contribution in [0, 0.1) is 29.4 Å². The van der Waals surface area contributed by atoms with Crippen LogP contribution in [0.3, 0.4) is 0 Å². The summed E-state index contributed by atoms with van der Waals surface area (Å²) in [7, 11) is 0. The lowest BCUT2D eigenvalue weighted by atomic mass is 9.91. The number of nitrogens with zero attached hydrogens (tertiary/aromatic N) is 1. The van der Waals surface area contributed by atoms with E-state index in [0.29, 0.717) is 36.8 Å². The summed E-state index contributed by atoms with van der Waals surface area (Å²) in [5, 5.41) is 3.19. The predicted molar refractivity (Wildman–Crippen MR) is 106 cm³/mol. The van der Waals surface area contributed by atoms with Crippen LogP contribution in [0.25, 0.3) is 0 Å². The molecule has 3 fully saturated rings. The number of amides is 2. The van der Waals surface area contributed by atoms with Crippen molar-refractivity contribution in [3.8, 4) is 0 Å². The molecule has 1 unspecified atom stereocenters. The Morgan fingerprint density at radius 3 is 2.59 bits per heavy atom. The Morgan fingerprint density at radius 1 is 1.21 bits per heavy atom. The molecule has 0 spiro atoms. The van der Waals surface area contributed by atoms with Crippen molar-refractivity contribution in [3.63, 3.8) is 0 Å². The number of piperazine rings is 1. The van der Waals surface area contributed by atoms with E-state index in [1.54, 1.807) is 11.0 Å². The van der Waals surface area contributed by atoms with Gasteiger partial charge in [0.2, 0.25) is 11.8 Å². The third-order valence-electron chi connectivity index (χ3n) is 6.83. The van der Waals surface area contributed by atoms with Crippen LogP contribution in [0.15, 0.2) is 18.2 Å². The molecule has 4 atom stereocenters. The van der Waals surface area contributed by atoms with Crippen molar-refractivity contribution in [3.05, 3.63) is 35.4 Å². The third kappa shape index (κ3) is 4.17. The van der Waals surface area contributed by atoms with E-state index >= 15 is 0 Å². The van der Waals surface area contributed by atoms with Gasteiger partial charge in [0.25, 0.3) is 0 Å². The molecule has 1 N–H and O–H groups in total. The van der Waals surface area contributed by atoms with E-state index in [9.17, 15) is 18.4 Å². The molecule has 1 aliphatic heterocycles. The Balaban J connectivity index is 1.51. The van der Waals surface area contributed by atoms with E-state index in [4.69, 9.17) is 0 Å². The molecular weight excluding hydrogens is 374 g/mol. The van der Waals surface area contributed by atoms with Crippen molar-refractivity contribution < 1.29 is 18.4 Å². The Morgan fingerprint density at radius 2 is 1.93 bits per heavy atom. The summed E-state index contributed by atoms with van der Waals surface area (Å²) in [4.78, 5) is 28.1. The largest absolute Gasteiger partial charge is 0.350 e. The van der Waals surface area contributed by atoms with Gasteiger partial charge in [-0.25, -0.2) is 8.78 Å². The fourth-order valence-corrected chi connectivity index (χ4v) is 5.15. The van der Waals surface area contributed by atoms with Gasteiger partial charge in [-0.1, -0.05) is 32.8 Å². The van der Waals surface area contributed by atoms with Crippen LogP contribution in [0.4, 0.5) is 8.78 Å². The smallest absolute Gasteiger partial charge is 0.243 e. The number of rotatable bonds is 5. The average Bonchev–Trinajstić information content (AvgIpc) is 3.28. The van der Waals surface area contributed by atoms with Crippen molar-refractivity contribution in [2.24, 2.45) is 17.8 Å². The van der Waals surface area contributed by atoms with Gasteiger partial charge in [-0.3, -0.25) is 9.59 Å². The van der Waals surface area contributed by atoms with Gasteiger partial charge < -0.3 is 10.2 Å². The summed E-state index contributed by atoms with van der Waals surface area (Å²) < 4.78 is 26.8. The molecule has 0 aromatic heterocycles. The molecule has 2 amide bonds. The summed E-state index contributed by atoms with van der Waals surface area (Å²) in [6, 6.07) is 3.47. The Hall–Kier alpha value is -1.98. The van der Waals surface area contributed by atoms with Crippen molar-refractivity contribution in [2.45, 2.75) is 70.4 Å². The molecule has 0 radical (unpaired) electrons. The van der Waals surface area contributed by atoms with E-state index in [1.807, 2.05) is 0 Å². The number of hydrogen-bond acceptors (Lipinski definition) is 2. The van der Waals surface area contributed by atoms with E-state index in [-0.39, 0.29) is 29.7 Å². The highest BCUT2D eigenvalue weighted by molar-refractivity contribution is 5.91. The molecule has 0 bridgehead atoms. The van der Waals surface area contributed by atoms with Crippen molar-refractivity contribution in [1.82, 2.24) is 10.2 Å². The molecule has 1 aromatic carbocycles. The van der Waals surface area contributed by atoms with Gasteiger partial charge in [0.05, 0.1) is 0 Å². The summed E-state index contributed by atoms with van der Waals surface area (Å²) in [6.45, 7) is 4.67. The van der Waals surface area contributed by atoms with Gasteiger partial charge in [0, 0.05) is 18.5 Å². The first-order chi connectivity index (χ1) is 13.8. The number of hydrogen-bond donors (Lipinski definition) is 1. The maximum atomic E-state index is 13.6. The minimum absolute atomic E-state index is 0.0109. The second-order valence-electron chi connectivity index (χ2n) is 9.42. The summed E-state index contributed by atoms with van der Waals surface area (Å²) in [5.74, 6) is -1.40. The molecule has 3 aliphatic rings. The number of nitrogens with one attached hydrogen (secondary N) is 1. The van der Waals surface area contributed by atoms with E-state index in [1.165, 1.54) is 18.9 Å². The van der Waals surface area contributed by atoms with Crippen LogP contribution in [-0.4, -0.2) is 35.3 Å². The quantitative estimate of drug-likeness (QED) is 0.806. The number of benzene rings is 1. The molecule has 29 heavy (non-hydrogen) atoms. The van der Waals surface area contributed by atoms with Crippen LogP contribution in [0.2, 0.25) is 0 Å². The zero-order chi connectivity index (χ0) is 20.7. The van der Waals surface area contributed by atoms with E-state index in [2.05, 4.69) is 19.2 Å². The highest BCUT2D eigenvalue weighted by atomic mass is 19.2. The van der Waals surface area contributed by atoms with Gasteiger partial charge in [-0.15, -0.1) is 0 Å². The first-order valence-electron chi connectivity index (χ1n) is 10.9. The number of carbonyl (C=O) groups excluding carboxylic acids is 2. The maximum Gasteiger partial charge on any atom is 0.243 e. The van der Waals surface area contributed by atoms with Crippen LogP contribution in [0.5, 0.6) is 0 Å². The molecule has 1 aromatic rings. The summed E-state index contributed by atoms with van der Waals surface area (Å²) in [5.41, 5.74) is 0.663. The first-order valence-corrected chi connectivity index (χ1v) is 10.9. The molecule has 158 valence electrons. The zero-order valence-electron chi connectivity index (χ0n) is 17.2. The second-order valence-corrected chi connectivity index (χ2v) is 9.42. The lowest BCUT2D eigenvalue weighted by Crippen LogP contribution is -2.63. The highest BCUT2D eigenvalue weighted by Gasteiger charge is 2.50. The highest BCUT2D eigenvalue weighted by Crippen LogP contribution is 2.49. The van der Waals surface area contributed by atoms with Crippen LogP contribution in [-0.2, 0) is 9.59 Å². The predicted octanol–water partition coefficient (Wildman–Crippen LogP) is 4.00. The standard InChI is InChI=1S/C23H30F2N2O2/c1-13(2)9-21-22(28)26-20(14-5-3-4-6-14)12-27(21)23(29)17-11-16(17)15-7-8-18(24)19(25)10-15/h7-8,10,13-14,16-17,20-21H,3-6,9,11-12H2,1-2H3,(H,26,28)/t16-,17+,20?,21-/m0/s1. The lowest BCUT2D eigenvalue weighted by molar-refractivity contribution is -0.147. The number of carbonyl (C=O) groups is 2. The number of halogens is 2. The zero-order valence-corrected chi connectivity index (χ0v) is 17.2. The van der Waals surface area contributed by atoms with Crippen molar-refractivity contribution in [2.75, 3.05) is 6.54 Å². The normalized spacial score (nSPS) is 30.0. The molecule has 1 saturated heterocycles. The molecular formula is C23H30F2N2O2. The molecule has 6 heteroatoms. The molecule has 1 heterocycles. The topological polar surface area (TPSA) is 49.4 Å². The Bertz CT molecular complexity index is 791. The monoisotopic (exact) mass is 404 g/mol. The van der Waals surface area contributed by atoms with Crippen LogP contribution in [0.1, 0.15) is 63.9 Å². The Labute approximate surface area is 171 Å². The Kier molecular flexibility index (Phi) is 5.63. The fraction of sp³-hybridized carbons (Fsp3) is 0.652. The van der Waals surface area contributed by atoms with E-state index in [0.717, 1.165) is 18.9 Å². The van der Waals surface area contributed by atoms with Crippen LogP contribution >= 0.6 is 0 Å². The van der Waals surface area contributed by atoms with Gasteiger partial charge in [-0.2, -0.15) is 0 Å². The molecule has 2 saturated carbocycles. The summed E-state index contributed by atoms with van der Waals surface area (Å²) in [6.07, 6.45) is 5.83. The van der Waals surface area contributed by atoms with E-state index < -0.39 is 17.7 Å². The molecule has 2 aliphatic carbocycles. The molecule has 4 nitrogen and oxygen atoms in total. The second kappa shape index (κ2) is 8.04. The minimum atomic E-state index is -0.878. The fourth-order valence-electron chi connectivity index (χ4n) is 5.15. The molecule has 4 rings (SSSR count).